The minimum Gasteiger partial charge on any atom is -0.307 e. The minimum atomic E-state index is -3.79. The van der Waals surface area contributed by atoms with Gasteiger partial charge in [0, 0.05) is 25.8 Å². The number of hydrogen-bond acceptors (Lipinski definition) is 3. The average Bonchev–Trinajstić information content (AvgIpc) is 2.95. The first-order valence-electron chi connectivity index (χ1n) is 8.47. The lowest BCUT2D eigenvalue weighted by Crippen LogP contribution is -2.48. The van der Waals surface area contributed by atoms with Gasteiger partial charge in [-0.15, -0.1) is 0 Å². The Morgan fingerprint density at radius 2 is 1.69 bits per heavy atom. The largest absolute Gasteiger partial charge is 0.307 e. The van der Waals surface area contributed by atoms with Crippen LogP contribution in [0.5, 0.6) is 0 Å². The van der Waals surface area contributed by atoms with Crippen LogP contribution in [0.4, 0.5) is 11.4 Å². The molecule has 26 heavy (non-hydrogen) atoms. The fourth-order valence-electron chi connectivity index (χ4n) is 3.24. The molecule has 6 nitrogen and oxygen atoms in total. The summed E-state index contributed by atoms with van der Waals surface area (Å²) in [6.45, 7) is 1.73. The summed E-state index contributed by atoms with van der Waals surface area (Å²) in [7, 11) is -0.869. The van der Waals surface area contributed by atoms with Crippen LogP contribution in [0.2, 0.25) is 0 Å². The molecule has 2 aromatic carbocycles. The molecule has 0 saturated heterocycles. The topological polar surface area (TPSA) is 60.9 Å². The highest BCUT2D eigenvalue weighted by molar-refractivity contribution is 7.90. The molecule has 2 aromatic rings. The normalized spacial score (nSPS) is 16.6. The van der Waals surface area contributed by atoms with Crippen LogP contribution in [0.3, 0.4) is 0 Å². The van der Waals surface area contributed by atoms with Crippen molar-refractivity contribution in [1.29, 1.82) is 0 Å². The molecule has 3 rings (SSSR count). The molecular weight excluding hydrogens is 350 g/mol. The summed E-state index contributed by atoms with van der Waals surface area (Å²) in [6.07, 6.45) is 0.772. The first-order chi connectivity index (χ1) is 12.3. The van der Waals surface area contributed by atoms with E-state index in [9.17, 15) is 13.2 Å². The van der Waals surface area contributed by atoms with E-state index in [4.69, 9.17) is 0 Å². The lowest BCUT2D eigenvalue weighted by molar-refractivity contribution is -0.117. The number of carbonyl (C=O) groups excluding carboxylic acids is 1. The molecular formula is C19H23N3O3S. The Labute approximate surface area is 154 Å². The van der Waals surface area contributed by atoms with Crippen LogP contribution in [0, 0.1) is 0 Å². The third-order valence-corrected chi connectivity index (χ3v) is 6.36. The number of para-hydroxylation sites is 2. The first kappa shape index (κ1) is 18.4. The Balaban J connectivity index is 1.94. The Kier molecular flexibility index (Phi) is 5.02. The molecule has 1 heterocycles. The Bertz CT molecular complexity index is 897. The van der Waals surface area contributed by atoms with Crippen LogP contribution < -0.4 is 9.21 Å². The van der Waals surface area contributed by atoms with Gasteiger partial charge >= 0.3 is 10.2 Å². The molecule has 138 valence electrons. The molecule has 0 bridgehead atoms. The smallest absolute Gasteiger partial charge is 0.304 e. The van der Waals surface area contributed by atoms with Crippen molar-refractivity contribution in [3.8, 4) is 0 Å². The highest BCUT2D eigenvalue weighted by Crippen LogP contribution is 2.32. The quantitative estimate of drug-likeness (QED) is 0.808. The number of rotatable bonds is 5. The van der Waals surface area contributed by atoms with Gasteiger partial charge in [0.1, 0.15) is 6.54 Å². The molecule has 1 aliphatic rings. The van der Waals surface area contributed by atoms with E-state index in [1.54, 1.807) is 29.2 Å². The van der Waals surface area contributed by atoms with E-state index in [1.165, 1.54) is 14.1 Å². The Morgan fingerprint density at radius 1 is 1.08 bits per heavy atom. The highest BCUT2D eigenvalue weighted by atomic mass is 32.2. The van der Waals surface area contributed by atoms with Crippen molar-refractivity contribution in [3.05, 3.63) is 60.2 Å². The monoisotopic (exact) mass is 373 g/mol. The van der Waals surface area contributed by atoms with Crippen LogP contribution in [-0.2, 0) is 21.4 Å². The van der Waals surface area contributed by atoms with Crippen LogP contribution >= 0.6 is 0 Å². The van der Waals surface area contributed by atoms with E-state index >= 15 is 0 Å². The zero-order valence-electron chi connectivity index (χ0n) is 15.2. The van der Waals surface area contributed by atoms with Gasteiger partial charge in [-0.25, -0.2) is 4.31 Å². The minimum absolute atomic E-state index is 0.000386. The van der Waals surface area contributed by atoms with Gasteiger partial charge in [-0.3, -0.25) is 4.79 Å². The summed E-state index contributed by atoms with van der Waals surface area (Å²) >= 11 is 0. The number of benzene rings is 2. The lowest BCUT2D eigenvalue weighted by Gasteiger charge is -2.30. The van der Waals surface area contributed by atoms with E-state index in [1.807, 2.05) is 37.3 Å². The fourth-order valence-corrected chi connectivity index (χ4v) is 4.30. The van der Waals surface area contributed by atoms with Crippen molar-refractivity contribution in [3.63, 3.8) is 0 Å². The van der Waals surface area contributed by atoms with E-state index in [0.717, 1.165) is 26.3 Å². The summed E-state index contributed by atoms with van der Waals surface area (Å²) in [5, 5.41) is 0. The predicted octanol–water partition coefficient (Wildman–Crippen LogP) is 2.28. The maximum atomic E-state index is 13.1. The van der Waals surface area contributed by atoms with Gasteiger partial charge in [0.25, 0.3) is 0 Å². The molecule has 7 heteroatoms. The van der Waals surface area contributed by atoms with Gasteiger partial charge < -0.3 is 4.90 Å². The van der Waals surface area contributed by atoms with Gasteiger partial charge in [-0.2, -0.15) is 12.7 Å². The zero-order valence-corrected chi connectivity index (χ0v) is 16.0. The predicted molar refractivity (Wildman–Crippen MR) is 103 cm³/mol. The van der Waals surface area contributed by atoms with Gasteiger partial charge in [-0.1, -0.05) is 36.4 Å². The third-order valence-electron chi connectivity index (χ3n) is 4.54. The van der Waals surface area contributed by atoms with Gasteiger partial charge in [0.15, 0.2) is 0 Å². The maximum Gasteiger partial charge on any atom is 0.304 e. The molecule has 0 N–H and O–H groups in total. The summed E-state index contributed by atoms with van der Waals surface area (Å²) in [5.74, 6) is -0.239. The number of fused-ring (bicyclic) bond motifs is 1. The number of amides is 1. The summed E-state index contributed by atoms with van der Waals surface area (Å²) < 4.78 is 27.9. The average molecular weight is 373 g/mol. The van der Waals surface area contributed by atoms with Gasteiger partial charge in [-0.05, 0) is 37.1 Å². The van der Waals surface area contributed by atoms with E-state index in [-0.39, 0.29) is 18.5 Å². The summed E-state index contributed by atoms with van der Waals surface area (Å²) in [5.41, 5.74) is 2.44. The highest BCUT2D eigenvalue weighted by Gasteiger charge is 2.34. The molecule has 1 amide bonds. The molecule has 0 unspecified atom stereocenters. The van der Waals surface area contributed by atoms with Crippen molar-refractivity contribution in [2.45, 2.75) is 19.4 Å². The molecule has 1 atom stereocenters. The van der Waals surface area contributed by atoms with Gasteiger partial charge in [0.05, 0.1) is 5.69 Å². The standard InChI is InChI=1S/C19H23N3O3S/c1-15-13-16-9-7-8-12-18(16)22(15)19(23)14-21(26(24,25)20(2)3)17-10-5-4-6-11-17/h4-12,15H,13-14H2,1-3H3/t15-/m1/s1. The van der Waals surface area contributed by atoms with Crippen molar-refractivity contribution in [2.24, 2.45) is 0 Å². The number of hydrogen-bond donors (Lipinski definition) is 0. The Morgan fingerprint density at radius 3 is 2.35 bits per heavy atom. The first-order valence-corrected chi connectivity index (χ1v) is 9.87. The van der Waals surface area contributed by atoms with Crippen molar-refractivity contribution >= 4 is 27.5 Å². The SMILES string of the molecule is C[C@@H]1Cc2ccccc2N1C(=O)CN(c1ccccc1)S(=O)(=O)N(C)C. The second-order valence-corrected chi connectivity index (χ2v) is 8.64. The molecule has 0 saturated carbocycles. The van der Waals surface area contributed by atoms with Crippen LogP contribution in [0.1, 0.15) is 12.5 Å². The molecule has 1 aliphatic heterocycles. The molecule has 0 aromatic heterocycles. The van der Waals surface area contributed by atoms with Crippen molar-refractivity contribution in [1.82, 2.24) is 4.31 Å². The van der Waals surface area contributed by atoms with E-state index in [0.29, 0.717) is 5.69 Å². The fraction of sp³-hybridized carbons (Fsp3) is 0.316. The van der Waals surface area contributed by atoms with E-state index < -0.39 is 10.2 Å². The van der Waals surface area contributed by atoms with Crippen LogP contribution in [0.15, 0.2) is 54.6 Å². The van der Waals surface area contributed by atoms with Crippen LogP contribution in [0.25, 0.3) is 0 Å². The number of carbonyl (C=O) groups is 1. The molecule has 0 fully saturated rings. The number of nitrogens with zero attached hydrogens (tertiary/aromatic N) is 3. The van der Waals surface area contributed by atoms with E-state index in [2.05, 4.69) is 0 Å². The van der Waals surface area contributed by atoms with Crippen LogP contribution in [-0.4, -0.2) is 45.3 Å². The summed E-state index contributed by atoms with van der Waals surface area (Å²) in [6, 6.07) is 16.5. The molecule has 0 aliphatic carbocycles. The maximum absolute atomic E-state index is 13.1. The zero-order chi connectivity index (χ0) is 18.9. The van der Waals surface area contributed by atoms with Crippen molar-refractivity contribution in [2.75, 3.05) is 29.8 Å². The van der Waals surface area contributed by atoms with Gasteiger partial charge in [0.2, 0.25) is 5.91 Å². The second kappa shape index (κ2) is 7.09. The second-order valence-electron chi connectivity index (χ2n) is 6.58. The Hall–Kier alpha value is -2.38. The molecule has 0 spiro atoms. The van der Waals surface area contributed by atoms with Crippen molar-refractivity contribution < 1.29 is 13.2 Å². The molecule has 0 radical (unpaired) electrons. The summed E-state index contributed by atoms with van der Waals surface area (Å²) in [4.78, 5) is 14.8. The third kappa shape index (κ3) is 3.32. The number of anilines is 2. The lowest BCUT2D eigenvalue weighted by atomic mass is 10.1.